The number of nitrogens with one attached hydrogen (secondary N) is 1. The summed E-state index contributed by atoms with van der Waals surface area (Å²) in [6.45, 7) is 3.38. The molecule has 2 unspecified atom stereocenters. The standard InChI is InChI=1S/C18H27N3O4S.ClH/c1-18(19)8-3-2-7-16(18)17(22)20-14-5-4-6-15(13-14)26(23,24)21-9-11-25-12-10-21;/h4-6,13,16H,2-3,7-12,19H2,1H3,(H,20,22);1H. The normalized spacial score (nSPS) is 26.8. The second-order valence-corrected chi connectivity index (χ2v) is 9.28. The van der Waals surface area contributed by atoms with Gasteiger partial charge in [0.05, 0.1) is 24.0 Å². The Kier molecular flexibility index (Phi) is 7.27. The fraction of sp³-hybridized carbons (Fsp3) is 0.611. The molecule has 3 N–H and O–H groups in total. The molecule has 1 aromatic rings. The molecule has 1 amide bonds. The van der Waals surface area contributed by atoms with Gasteiger partial charge < -0.3 is 15.8 Å². The lowest BCUT2D eigenvalue weighted by Gasteiger charge is -2.37. The summed E-state index contributed by atoms with van der Waals surface area (Å²) in [6, 6.07) is 6.41. The van der Waals surface area contributed by atoms with Crippen LogP contribution >= 0.6 is 12.4 Å². The Balaban J connectivity index is 0.00000261. The molecular formula is C18H28ClN3O4S. The number of ether oxygens (including phenoxy) is 1. The number of hydrogen-bond acceptors (Lipinski definition) is 5. The molecule has 1 heterocycles. The molecule has 1 aliphatic carbocycles. The van der Waals surface area contributed by atoms with Gasteiger partial charge in [-0.2, -0.15) is 4.31 Å². The van der Waals surface area contributed by atoms with Gasteiger partial charge in [-0.1, -0.05) is 18.9 Å². The SMILES string of the molecule is CC1(N)CCCCC1C(=O)Nc1cccc(S(=O)(=O)N2CCOCC2)c1.Cl. The van der Waals surface area contributed by atoms with Crippen LogP contribution in [-0.2, 0) is 19.6 Å². The van der Waals surface area contributed by atoms with Crippen LogP contribution in [0.5, 0.6) is 0 Å². The summed E-state index contributed by atoms with van der Waals surface area (Å²) in [6.07, 6.45) is 3.58. The Hall–Kier alpha value is -1.19. The molecule has 27 heavy (non-hydrogen) atoms. The number of hydrogen-bond donors (Lipinski definition) is 2. The molecule has 1 aromatic carbocycles. The van der Waals surface area contributed by atoms with Crippen LogP contribution in [0.15, 0.2) is 29.2 Å². The molecule has 1 saturated carbocycles. The molecule has 1 saturated heterocycles. The summed E-state index contributed by atoms with van der Waals surface area (Å²) in [7, 11) is -3.59. The van der Waals surface area contributed by atoms with E-state index in [9.17, 15) is 13.2 Å². The molecule has 9 heteroatoms. The zero-order chi connectivity index (χ0) is 18.8. The van der Waals surface area contributed by atoms with Crippen LogP contribution in [0, 0.1) is 5.92 Å². The van der Waals surface area contributed by atoms with Gasteiger partial charge in [-0.3, -0.25) is 4.79 Å². The third-order valence-electron chi connectivity index (χ3n) is 5.28. The maximum absolute atomic E-state index is 12.8. The molecule has 3 rings (SSSR count). The summed E-state index contributed by atoms with van der Waals surface area (Å²) in [5, 5.41) is 2.86. The van der Waals surface area contributed by atoms with Crippen molar-refractivity contribution in [1.82, 2.24) is 4.31 Å². The average Bonchev–Trinajstić information content (AvgIpc) is 2.62. The molecule has 1 aliphatic heterocycles. The van der Waals surface area contributed by atoms with E-state index in [-0.39, 0.29) is 29.1 Å². The second kappa shape index (κ2) is 8.87. The van der Waals surface area contributed by atoms with E-state index in [1.54, 1.807) is 18.2 Å². The van der Waals surface area contributed by atoms with E-state index in [1.807, 2.05) is 6.92 Å². The molecule has 152 valence electrons. The predicted octanol–water partition coefficient (Wildman–Crippen LogP) is 1.98. The molecule has 2 atom stereocenters. The first-order valence-corrected chi connectivity index (χ1v) is 10.5. The fourth-order valence-corrected chi connectivity index (χ4v) is 5.14. The highest BCUT2D eigenvalue weighted by Crippen LogP contribution is 2.32. The van der Waals surface area contributed by atoms with Crippen LogP contribution < -0.4 is 11.1 Å². The minimum absolute atomic E-state index is 0. The summed E-state index contributed by atoms with van der Waals surface area (Å²) in [5.74, 6) is -0.411. The highest BCUT2D eigenvalue weighted by Gasteiger charge is 2.37. The lowest BCUT2D eigenvalue weighted by Crippen LogP contribution is -2.51. The second-order valence-electron chi connectivity index (χ2n) is 7.34. The van der Waals surface area contributed by atoms with Gasteiger partial charge in [0, 0.05) is 24.3 Å². The number of sulfonamides is 1. The van der Waals surface area contributed by atoms with E-state index in [1.165, 1.54) is 10.4 Å². The van der Waals surface area contributed by atoms with Crippen molar-refractivity contribution >= 4 is 34.0 Å². The lowest BCUT2D eigenvalue weighted by molar-refractivity contribution is -0.122. The van der Waals surface area contributed by atoms with Crippen molar-refractivity contribution in [1.29, 1.82) is 0 Å². The molecule has 0 bridgehead atoms. The maximum Gasteiger partial charge on any atom is 0.243 e. The summed E-state index contributed by atoms with van der Waals surface area (Å²) in [5.41, 5.74) is 6.25. The number of carbonyl (C=O) groups is 1. The monoisotopic (exact) mass is 417 g/mol. The topological polar surface area (TPSA) is 102 Å². The number of rotatable bonds is 4. The number of anilines is 1. The zero-order valence-corrected chi connectivity index (χ0v) is 17.2. The van der Waals surface area contributed by atoms with E-state index in [4.69, 9.17) is 10.5 Å². The highest BCUT2D eigenvalue weighted by molar-refractivity contribution is 7.89. The van der Waals surface area contributed by atoms with E-state index in [0.29, 0.717) is 32.0 Å². The molecule has 2 aliphatic rings. The molecule has 7 nitrogen and oxygen atoms in total. The predicted molar refractivity (Wildman–Crippen MR) is 106 cm³/mol. The van der Waals surface area contributed by atoms with E-state index < -0.39 is 15.6 Å². The summed E-state index contributed by atoms with van der Waals surface area (Å²) < 4.78 is 32.2. The third kappa shape index (κ3) is 5.00. The average molecular weight is 418 g/mol. The maximum atomic E-state index is 12.8. The minimum atomic E-state index is -3.59. The number of morpholine rings is 1. The Morgan fingerprint density at radius 1 is 1.30 bits per heavy atom. The van der Waals surface area contributed by atoms with E-state index >= 15 is 0 Å². The smallest absolute Gasteiger partial charge is 0.243 e. The van der Waals surface area contributed by atoms with Crippen LogP contribution in [0.1, 0.15) is 32.6 Å². The number of amides is 1. The van der Waals surface area contributed by atoms with Crippen molar-refractivity contribution in [2.75, 3.05) is 31.6 Å². The quantitative estimate of drug-likeness (QED) is 0.779. The van der Waals surface area contributed by atoms with Crippen LogP contribution in [0.25, 0.3) is 0 Å². The number of halogens is 1. The van der Waals surface area contributed by atoms with Crippen molar-refractivity contribution in [2.24, 2.45) is 11.7 Å². The Morgan fingerprint density at radius 2 is 2.00 bits per heavy atom. The zero-order valence-electron chi connectivity index (χ0n) is 15.5. The molecule has 0 radical (unpaired) electrons. The van der Waals surface area contributed by atoms with Crippen molar-refractivity contribution in [2.45, 2.75) is 43.0 Å². The van der Waals surface area contributed by atoms with Crippen LogP contribution in [0.2, 0.25) is 0 Å². The van der Waals surface area contributed by atoms with Gasteiger partial charge in [0.15, 0.2) is 0 Å². The number of nitrogens with two attached hydrogens (primary N) is 1. The first-order valence-electron chi connectivity index (χ1n) is 9.08. The fourth-order valence-electron chi connectivity index (χ4n) is 3.69. The van der Waals surface area contributed by atoms with E-state index in [0.717, 1.165) is 25.7 Å². The summed E-state index contributed by atoms with van der Waals surface area (Å²) >= 11 is 0. The first-order chi connectivity index (χ1) is 12.3. The molecule has 0 aromatic heterocycles. The van der Waals surface area contributed by atoms with Crippen molar-refractivity contribution < 1.29 is 17.9 Å². The Bertz CT molecular complexity index is 764. The van der Waals surface area contributed by atoms with Gasteiger partial charge >= 0.3 is 0 Å². The van der Waals surface area contributed by atoms with Gasteiger partial charge in [0.1, 0.15) is 0 Å². The Morgan fingerprint density at radius 3 is 2.67 bits per heavy atom. The third-order valence-corrected chi connectivity index (χ3v) is 7.17. The molecule has 0 spiro atoms. The van der Waals surface area contributed by atoms with Crippen molar-refractivity contribution in [3.63, 3.8) is 0 Å². The minimum Gasteiger partial charge on any atom is -0.379 e. The van der Waals surface area contributed by atoms with Gasteiger partial charge in [-0.05, 0) is 38.0 Å². The van der Waals surface area contributed by atoms with Crippen molar-refractivity contribution in [3.05, 3.63) is 24.3 Å². The van der Waals surface area contributed by atoms with Crippen LogP contribution in [0.3, 0.4) is 0 Å². The Labute approximate surface area is 167 Å². The van der Waals surface area contributed by atoms with Gasteiger partial charge in [0.25, 0.3) is 0 Å². The van der Waals surface area contributed by atoms with Crippen molar-refractivity contribution in [3.8, 4) is 0 Å². The molecular weight excluding hydrogens is 390 g/mol. The van der Waals surface area contributed by atoms with Crippen LogP contribution in [-0.4, -0.2) is 50.5 Å². The van der Waals surface area contributed by atoms with E-state index in [2.05, 4.69) is 5.32 Å². The van der Waals surface area contributed by atoms with Gasteiger partial charge in [0.2, 0.25) is 15.9 Å². The summed E-state index contributed by atoms with van der Waals surface area (Å²) in [4.78, 5) is 12.9. The number of carbonyl (C=O) groups excluding carboxylic acids is 1. The highest BCUT2D eigenvalue weighted by atomic mass is 35.5. The number of benzene rings is 1. The van der Waals surface area contributed by atoms with Gasteiger partial charge in [-0.15, -0.1) is 12.4 Å². The number of nitrogens with zero attached hydrogens (tertiary/aromatic N) is 1. The lowest BCUT2D eigenvalue weighted by atomic mass is 9.74. The van der Waals surface area contributed by atoms with Crippen LogP contribution in [0.4, 0.5) is 5.69 Å². The van der Waals surface area contributed by atoms with Gasteiger partial charge in [-0.25, -0.2) is 8.42 Å². The first kappa shape index (κ1) is 22.1. The largest absolute Gasteiger partial charge is 0.379 e. The molecule has 2 fully saturated rings.